The van der Waals surface area contributed by atoms with Gasteiger partial charge in [-0.1, -0.05) is 18.2 Å². The lowest BCUT2D eigenvalue weighted by Crippen LogP contribution is -2.54. The van der Waals surface area contributed by atoms with Crippen LogP contribution in [-0.2, 0) is 9.53 Å². The predicted octanol–water partition coefficient (Wildman–Crippen LogP) is 1.74. The first-order valence-electron chi connectivity index (χ1n) is 6.97. The van der Waals surface area contributed by atoms with Gasteiger partial charge in [0.15, 0.2) is 5.82 Å². The molecule has 6 nitrogen and oxygen atoms in total. The van der Waals surface area contributed by atoms with E-state index in [2.05, 4.69) is 10.4 Å². The average Bonchev–Trinajstić information content (AvgIpc) is 2.97. The second-order valence-corrected chi connectivity index (χ2v) is 5.20. The summed E-state index contributed by atoms with van der Waals surface area (Å²) in [5.41, 5.74) is 6.21. The van der Waals surface area contributed by atoms with Gasteiger partial charge in [-0.05, 0) is 25.0 Å². The van der Waals surface area contributed by atoms with Crippen molar-refractivity contribution in [2.45, 2.75) is 18.4 Å². The molecule has 1 amide bonds. The van der Waals surface area contributed by atoms with Gasteiger partial charge in [-0.3, -0.25) is 4.79 Å². The second kappa shape index (κ2) is 6.91. The van der Waals surface area contributed by atoms with Crippen LogP contribution in [0.2, 0.25) is 0 Å². The molecule has 7 heteroatoms. The van der Waals surface area contributed by atoms with E-state index in [0.29, 0.717) is 31.9 Å². The van der Waals surface area contributed by atoms with Crippen LogP contribution in [0.1, 0.15) is 12.8 Å². The summed E-state index contributed by atoms with van der Waals surface area (Å²) in [6.07, 6.45) is 2.86. The maximum absolute atomic E-state index is 12.3. The van der Waals surface area contributed by atoms with Crippen molar-refractivity contribution in [3.8, 4) is 5.69 Å². The van der Waals surface area contributed by atoms with Gasteiger partial charge in [0.25, 0.3) is 0 Å². The third-order valence-electron chi connectivity index (χ3n) is 3.69. The summed E-state index contributed by atoms with van der Waals surface area (Å²) in [4.78, 5) is 12.3. The molecule has 1 aliphatic heterocycles. The van der Waals surface area contributed by atoms with Gasteiger partial charge >= 0.3 is 0 Å². The van der Waals surface area contributed by atoms with Gasteiger partial charge < -0.3 is 15.8 Å². The lowest BCUT2D eigenvalue weighted by Gasteiger charge is -2.31. The molecule has 0 aliphatic carbocycles. The molecule has 3 rings (SSSR count). The van der Waals surface area contributed by atoms with Gasteiger partial charge in [0.2, 0.25) is 5.91 Å². The lowest BCUT2D eigenvalue weighted by molar-refractivity contribution is -0.124. The molecule has 1 aromatic carbocycles. The van der Waals surface area contributed by atoms with E-state index in [-0.39, 0.29) is 18.3 Å². The summed E-state index contributed by atoms with van der Waals surface area (Å²) in [6.45, 7) is 1.03. The maximum atomic E-state index is 12.3. The van der Waals surface area contributed by atoms with Crippen molar-refractivity contribution in [2.24, 2.45) is 5.73 Å². The molecule has 1 aromatic heterocycles. The van der Waals surface area contributed by atoms with Gasteiger partial charge in [-0.2, -0.15) is 5.10 Å². The molecule has 0 bridgehead atoms. The van der Waals surface area contributed by atoms with Gasteiger partial charge in [0.05, 0.1) is 5.69 Å². The number of amides is 1. The van der Waals surface area contributed by atoms with Gasteiger partial charge in [-0.15, -0.1) is 12.4 Å². The highest BCUT2D eigenvalue weighted by Gasteiger charge is 2.36. The van der Waals surface area contributed by atoms with E-state index in [4.69, 9.17) is 10.5 Å². The number of rotatable bonds is 3. The number of nitrogens with two attached hydrogens (primary N) is 1. The first-order valence-corrected chi connectivity index (χ1v) is 6.97. The Morgan fingerprint density at radius 2 is 1.91 bits per heavy atom. The molecule has 0 unspecified atom stereocenters. The van der Waals surface area contributed by atoms with Crippen LogP contribution in [0.5, 0.6) is 0 Å². The number of benzene rings is 1. The van der Waals surface area contributed by atoms with Crippen molar-refractivity contribution >= 4 is 24.1 Å². The highest BCUT2D eigenvalue weighted by Crippen LogP contribution is 2.20. The van der Waals surface area contributed by atoms with Gasteiger partial charge in [0.1, 0.15) is 5.54 Å². The van der Waals surface area contributed by atoms with E-state index in [1.165, 1.54) is 0 Å². The Bertz CT molecular complexity index is 623. The standard InChI is InChI=1S/C15H18N4O2.ClH/c16-15(7-10-21-11-8-15)14(20)17-13-6-9-19(18-13)12-4-2-1-3-5-12;/h1-6,9H,7-8,10-11,16H2,(H,17,18,20);1H. The van der Waals surface area contributed by atoms with Crippen LogP contribution in [0.25, 0.3) is 5.69 Å². The van der Waals surface area contributed by atoms with Crippen LogP contribution in [0, 0.1) is 0 Å². The Labute approximate surface area is 135 Å². The summed E-state index contributed by atoms with van der Waals surface area (Å²) < 4.78 is 6.96. The number of carbonyl (C=O) groups is 1. The average molecular weight is 323 g/mol. The van der Waals surface area contributed by atoms with Crippen LogP contribution in [-0.4, -0.2) is 34.4 Å². The smallest absolute Gasteiger partial charge is 0.245 e. The number of anilines is 1. The first-order chi connectivity index (χ1) is 10.2. The van der Waals surface area contributed by atoms with Crippen molar-refractivity contribution < 1.29 is 9.53 Å². The maximum Gasteiger partial charge on any atom is 0.245 e. The fourth-order valence-electron chi connectivity index (χ4n) is 2.32. The number of ether oxygens (including phenoxy) is 1. The van der Waals surface area contributed by atoms with Crippen molar-refractivity contribution in [3.63, 3.8) is 0 Å². The van der Waals surface area contributed by atoms with E-state index in [0.717, 1.165) is 5.69 Å². The monoisotopic (exact) mass is 322 g/mol. The number of halogens is 1. The largest absolute Gasteiger partial charge is 0.381 e. The Kier molecular flexibility index (Phi) is 5.18. The quantitative estimate of drug-likeness (QED) is 0.901. The van der Waals surface area contributed by atoms with Crippen LogP contribution in [0.15, 0.2) is 42.6 Å². The molecule has 0 spiro atoms. The fourth-order valence-corrected chi connectivity index (χ4v) is 2.32. The SMILES string of the molecule is Cl.NC1(C(=O)Nc2ccn(-c3ccccc3)n2)CCOCC1. The molecule has 1 aliphatic rings. The third kappa shape index (κ3) is 3.47. The zero-order valence-corrected chi connectivity index (χ0v) is 12.9. The molecule has 2 aromatic rings. The molecule has 1 saturated heterocycles. The van der Waals surface area contributed by atoms with Crippen molar-refractivity contribution in [1.29, 1.82) is 0 Å². The highest BCUT2D eigenvalue weighted by molar-refractivity contribution is 5.97. The van der Waals surface area contributed by atoms with E-state index >= 15 is 0 Å². The second-order valence-electron chi connectivity index (χ2n) is 5.20. The number of para-hydroxylation sites is 1. The third-order valence-corrected chi connectivity index (χ3v) is 3.69. The number of nitrogens with one attached hydrogen (secondary N) is 1. The zero-order chi connectivity index (χ0) is 14.7. The van der Waals surface area contributed by atoms with Gasteiger partial charge in [-0.25, -0.2) is 4.68 Å². The molecule has 3 N–H and O–H groups in total. The molecule has 0 saturated carbocycles. The summed E-state index contributed by atoms with van der Waals surface area (Å²) in [5.74, 6) is 0.296. The molecule has 22 heavy (non-hydrogen) atoms. The van der Waals surface area contributed by atoms with Crippen LogP contribution < -0.4 is 11.1 Å². The fraction of sp³-hybridized carbons (Fsp3) is 0.333. The summed E-state index contributed by atoms with van der Waals surface area (Å²) in [7, 11) is 0. The van der Waals surface area contributed by atoms with Crippen molar-refractivity contribution in [1.82, 2.24) is 9.78 Å². The Hall–Kier alpha value is -1.89. The molecule has 0 radical (unpaired) electrons. The van der Waals surface area contributed by atoms with Crippen molar-refractivity contribution in [3.05, 3.63) is 42.6 Å². The normalized spacial score (nSPS) is 16.6. The van der Waals surface area contributed by atoms with Gasteiger partial charge in [0, 0.05) is 25.5 Å². The minimum Gasteiger partial charge on any atom is -0.381 e. The molecule has 1 fully saturated rings. The number of aromatic nitrogens is 2. The summed E-state index contributed by atoms with van der Waals surface area (Å²) in [5, 5.41) is 7.14. The lowest BCUT2D eigenvalue weighted by atomic mass is 9.90. The number of nitrogens with zero attached hydrogens (tertiary/aromatic N) is 2. The highest BCUT2D eigenvalue weighted by atomic mass is 35.5. The minimum absolute atomic E-state index is 0. The Balaban J connectivity index is 0.00000176. The zero-order valence-electron chi connectivity index (χ0n) is 12.1. The molecular formula is C15H19ClN4O2. The Morgan fingerprint density at radius 3 is 2.59 bits per heavy atom. The van der Waals surface area contributed by atoms with Crippen LogP contribution >= 0.6 is 12.4 Å². The number of hydrogen-bond donors (Lipinski definition) is 2. The minimum atomic E-state index is -0.866. The topological polar surface area (TPSA) is 82.2 Å². The molecule has 118 valence electrons. The van der Waals surface area contributed by atoms with E-state index < -0.39 is 5.54 Å². The molecule has 2 heterocycles. The summed E-state index contributed by atoms with van der Waals surface area (Å²) >= 11 is 0. The first kappa shape index (κ1) is 16.5. The summed E-state index contributed by atoms with van der Waals surface area (Å²) in [6, 6.07) is 11.5. The number of hydrogen-bond acceptors (Lipinski definition) is 4. The molecule has 0 atom stereocenters. The van der Waals surface area contributed by atoms with E-state index in [1.54, 1.807) is 16.9 Å². The number of carbonyl (C=O) groups excluding carboxylic acids is 1. The van der Waals surface area contributed by atoms with Crippen LogP contribution in [0.4, 0.5) is 5.82 Å². The van der Waals surface area contributed by atoms with Crippen molar-refractivity contribution in [2.75, 3.05) is 18.5 Å². The van der Waals surface area contributed by atoms with Crippen LogP contribution in [0.3, 0.4) is 0 Å². The molecular weight excluding hydrogens is 304 g/mol. The van der Waals surface area contributed by atoms with E-state index in [9.17, 15) is 4.79 Å². The Morgan fingerprint density at radius 1 is 1.23 bits per heavy atom. The predicted molar refractivity (Wildman–Crippen MR) is 86.4 cm³/mol. The van der Waals surface area contributed by atoms with E-state index in [1.807, 2.05) is 30.3 Å².